The summed E-state index contributed by atoms with van der Waals surface area (Å²) in [4.78, 5) is 12.7. The minimum Gasteiger partial charge on any atom is -0.397 e. The van der Waals surface area contributed by atoms with Gasteiger partial charge in [0, 0.05) is 16.6 Å². The summed E-state index contributed by atoms with van der Waals surface area (Å²) in [5.41, 5.74) is 6.54. The number of fused-ring (bicyclic) bond motifs is 1. The highest BCUT2D eigenvalue weighted by Crippen LogP contribution is 2.38. The van der Waals surface area contributed by atoms with E-state index < -0.39 is 0 Å². The molecule has 1 saturated carbocycles. The Morgan fingerprint density at radius 3 is 2.95 bits per heavy atom. The third-order valence-electron chi connectivity index (χ3n) is 3.44. The fourth-order valence-corrected chi connectivity index (χ4v) is 3.57. The second-order valence-electron chi connectivity index (χ2n) is 4.95. The van der Waals surface area contributed by atoms with E-state index in [9.17, 15) is 4.79 Å². The molecule has 0 spiro atoms. The number of halogens is 1. The summed E-state index contributed by atoms with van der Waals surface area (Å²) in [6, 6.07) is 5.60. The molecule has 1 aliphatic rings. The van der Waals surface area contributed by atoms with Crippen molar-refractivity contribution in [2.45, 2.75) is 19.3 Å². The van der Waals surface area contributed by atoms with Gasteiger partial charge in [0.1, 0.15) is 4.88 Å². The number of amides is 1. The number of nitrogens with one attached hydrogen (secondary N) is 1. The molecular formula is C14H15ClN2OS. The lowest BCUT2D eigenvalue weighted by Gasteiger charge is -2.03. The Labute approximate surface area is 120 Å². The average molecular weight is 295 g/mol. The van der Waals surface area contributed by atoms with Crippen molar-refractivity contribution in [2.24, 2.45) is 5.92 Å². The van der Waals surface area contributed by atoms with Crippen LogP contribution >= 0.6 is 22.9 Å². The summed E-state index contributed by atoms with van der Waals surface area (Å²) < 4.78 is 0.956. The minimum absolute atomic E-state index is 0.0876. The van der Waals surface area contributed by atoms with Crippen LogP contribution in [-0.4, -0.2) is 12.5 Å². The van der Waals surface area contributed by atoms with Crippen molar-refractivity contribution in [3.05, 3.63) is 28.1 Å². The summed E-state index contributed by atoms with van der Waals surface area (Å²) in [5, 5.41) is 4.33. The predicted octanol–water partition coefficient (Wildman–Crippen LogP) is 3.67. The lowest BCUT2D eigenvalue weighted by molar-refractivity contribution is 0.0957. The average Bonchev–Trinajstić information content (AvgIpc) is 3.13. The molecule has 0 saturated heterocycles. The first-order chi connectivity index (χ1) is 9.16. The van der Waals surface area contributed by atoms with Crippen LogP contribution in [0.2, 0.25) is 5.02 Å². The van der Waals surface area contributed by atoms with Gasteiger partial charge in [-0.3, -0.25) is 4.79 Å². The van der Waals surface area contributed by atoms with E-state index >= 15 is 0 Å². The quantitative estimate of drug-likeness (QED) is 0.904. The van der Waals surface area contributed by atoms with Crippen LogP contribution in [0.1, 0.15) is 28.9 Å². The first-order valence-corrected chi connectivity index (χ1v) is 7.61. The molecule has 100 valence electrons. The van der Waals surface area contributed by atoms with Gasteiger partial charge < -0.3 is 11.1 Å². The second kappa shape index (κ2) is 5.02. The Bertz CT molecular complexity index is 634. The first kappa shape index (κ1) is 12.8. The third-order valence-corrected chi connectivity index (χ3v) is 4.93. The van der Waals surface area contributed by atoms with Gasteiger partial charge in [-0.1, -0.05) is 30.5 Å². The fourth-order valence-electron chi connectivity index (χ4n) is 2.17. The third kappa shape index (κ3) is 2.55. The van der Waals surface area contributed by atoms with Gasteiger partial charge in [-0.05, 0) is 24.5 Å². The topological polar surface area (TPSA) is 55.1 Å². The zero-order chi connectivity index (χ0) is 13.4. The van der Waals surface area contributed by atoms with Crippen molar-refractivity contribution in [1.29, 1.82) is 0 Å². The van der Waals surface area contributed by atoms with Gasteiger partial charge in [-0.15, -0.1) is 11.3 Å². The molecule has 0 aliphatic heterocycles. The highest BCUT2D eigenvalue weighted by molar-refractivity contribution is 7.21. The Balaban J connectivity index is 1.81. The molecule has 2 aromatic rings. The maximum atomic E-state index is 12.1. The Hall–Kier alpha value is -1.26. The Morgan fingerprint density at radius 1 is 1.47 bits per heavy atom. The van der Waals surface area contributed by atoms with Crippen molar-refractivity contribution in [1.82, 2.24) is 5.32 Å². The number of benzene rings is 1. The molecule has 5 heteroatoms. The van der Waals surface area contributed by atoms with Crippen LogP contribution in [0, 0.1) is 5.92 Å². The normalized spacial score (nSPS) is 14.8. The number of carbonyl (C=O) groups is 1. The number of hydrogen-bond acceptors (Lipinski definition) is 3. The van der Waals surface area contributed by atoms with Crippen LogP contribution in [-0.2, 0) is 0 Å². The molecule has 1 aromatic heterocycles. The number of nitrogen functional groups attached to an aromatic ring is 1. The minimum atomic E-state index is -0.0876. The van der Waals surface area contributed by atoms with E-state index in [-0.39, 0.29) is 5.91 Å². The fraction of sp³-hybridized carbons (Fsp3) is 0.357. The smallest absolute Gasteiger partial charge is 0.263 e. The first-order valence-electron chi connectivity index (χ1n) is 6.41. The highest BCUT2D eigenvalue weighted by atomic mass is 35.5. The molecular weight excluding hydrogens is 280 g/mol. The number of rotatable bonds is 4. The lowest BCUT2D eigenvalue weighted by Crippen LogP contribution is -2.24. The molecule has 1 fully saturated rings. The van der Waals surface area contributed by atoms with E-state index in [2.05, 4.69) is 5.32 Å². The van der Waals surface area contributed by atoms with Crippen molar-refractivity contribution < 1.29 is 4.79 Å². The molecule has 1 aromatic carbocycles. The molecule has 1 heterocycles. The number of anilines is 1. The molecule has 3 N–H and O–H groups in total. The summed E-state index contributed by atoms with van der Waals surface area (Å²) >= 11 is 7.53. The second-order valence-corrected chi connectivity index (χ2v) is 6.41. The zero-order valence-electron chi connectivity index (χ0n) is 10.4. The molecule has 3 rings (SSSR count). The summed E-state index contributed by atoms with van der Waals surface area (Å²) in [7, 11) is 0. The number of thiophene rings is 1. The lowest BCUT2D eigenvalue weighted by atomic mass is 10.2. The SMILES string of the molecule is Nc1c(C(=O)NCCC2CC2)sc2cccc(Cl)c12. The molecule has 1 aliphatic carbocycles. The van der Waals surface area contributed by atoms with Gasteiger partial charge in [0.2, 0.25) is 0 Å². The molecule has 1 amide bonds. The van der Waals surface area contributed by atoms with Gasteiger partial charge in [-0.25, -0.2) is 0 Å². The van der Waals surface area contributed by atoms with Gasteiger partial charge in [-0.2, -0.15) is 0 Å². The summed E-state index contributed by atoms with van der Waals surface area (Å²) in [5.74, 6) is 0.727. The van der Waals surface area contributed by atoms with Crippen LogP contribution in [0.4, 0.5) is 5.69 Å². The van der Waals surface area contributed by atoms with E-state index in [0.717, 1.165) is 29.0 Å². The monoisotopic (exact) mass is 294 g/mol. The van der Waals surface area contributed by atoms with E-state index in [1.54, 1.807) is 6.07 Å². The van der Waals surface area contributed by atoms with Crippen LogP contribution < -0.4 is 11.1 Å². The molecule has 19 heavy (non-hydrogen) atoms. The molecule has 0 bridgehead atoms. The van der Waals surface area contributed by atoms with Gasteiger partial charge in [0.15, 0.2) is 0 Å². The van der Waals surface area contributed by atoms with E-state index in [1.165, 1.54) is 24.2 Å². The standard InChI is InChI=1S/C14H15ClN2OS/c15-9-2-1-3-10-11(9)12(16)13(19-10)14(18)17-7-6-8-4-5-8/h1-3,8H,4-7,16H2,(H,17,18). The van der Waals surface area contributed by atoms with Crippen LogP contribution in [0.3, 0.4) is 0 Å². The van der Waals surface area contributed by atoms with Gasteiger partial charge >= 0.3 is 0 Å². The van der Waals surface area contributed by atoms with Gasteiger partial charge in [0.25, 0.3) is 5.91 Å². The van der Waals surface area contributed by atoms with Crippen molar-refractivity contribution in [3.63, 3.8) is 0 Å². The highest BCUT2D eigenvalue weighted by Gasteiger charge is 2.22. The number of nitrogens with two attached hydrogens (primary N) is 1. The molecule has 3 nitrogen and oxygen atoms in total. The van der Waals surface area contributed by atoms with Crippen molar-refractivity contribution >= 4 is 44.6 Å². The van der Waals surface area contributed by atoms with Crippen LogP contribution in [0.25, 0.3) is 10.1 Å². The largest absolute Gasteiger partial charge is 0.397 e. The summed E-state index contributed by atoms with van der Waals surface area (Å²) in [6.07, 6.45) is 3.67. The molecule has 0 radical (unpaired) electrons. The van der Waals surface area contributed by atoms with E-state index in [4.69, 9.17) is 17.3 Å². The van der Waals surface area contributed by atoms with Crippen molar-refractivity contribution in [3.8, 4) is 0 Å². The Kier molecular flexibility index (Phi) is 3.37. The predicted molar refractivity (Wildman–Crippen MR) is 80.9 cm³/mol. The van der Waals surface area contributed by atoms with E-state index in [1.807, 2.05) is 12.1 Å². The molecule has 0 atom stereocenters. The molecule has 0 unspecified atom stereocenters. The van der Waals surface area contributed by atoms with Crippen LogP contribution in [0.15, 0.2) is 18.2 Å². The zero-order valence-corrected chi connectivity index (χ0v) is 12.0. The van der Waals surface area contributed by atoms with E-state index in [0.29, 0.717) is 15.6 Å². The van der Waals surface area contributed by atoms with Crippen molar-refractivity contribution in [2.75, 3.05) is 12.3 Å². The number of hydrogen-bond donors (Lipinski definition) is 2. The van der Waals surface area contributed by atoms with Crippen LogP contribution in [0.5, 0.6) is 0 Å². The summed E-state index contributed by atoms with van der Waals surface area (Å²) in [6.45, 7) is 0.727. The van der Waals surface area contributed by atoms with Gasteiger partial charge in [0.05, 0.1) is 10.7 Å². The maximum absolute atomic E-state index is 12.1. The number of carbonyl (C=O) groups excluding carboxylic acids is 1. The Morgan fingerprint density at radius 2 is 2.26 bits per heavy atom. The maximum Gasteiger partial charge on any atom is 0.263 e.